The molecule has 0 aromatic rings. The lowest BCUT2D eigenvalue weighted by molar-refractivity contribution is 0.0505. The van der Waals surface area contributed by atoms with E-state index in [1.807, 2.05) is 0 Å². The van der Waals surface area contributed by atoms with Crippen LogP contribution in [0.1, 0.15) is 59.8 Å². The van der Waals surface area contributed by atoms with E-state index in [0.29, 0.717) is 12.5 Å². The Balaban J connectivity index is 2.55. The molecular weight excluding hydrogens is 290 g/mol. The maximum atomic E-state index is 12.8. The number of alkyl halides is 2. The fraction of sp³-hybridized carbons (Fsp3) is 0.938. The molecule has 2 atom stereocenters. The smallest absolute Gasteiger partial charge is 0.407 e. The first-order valence-corrected chi connectivity index (χ1v) is 8.20. The Morgan fingerprint density at radius 1 is 1.23 bits per heavy atom. The minimum atomic E-state index is -2.41. The maximum Gasteiger partial charge on any atom is 0.407 e. The second kappa shape index (κ2) is 8.65. The standard InChI is InChI=1S/C16H30F2N2O2/c1-11(14(17)18)20-13(12-8-6-5-7-9-12)10-19-15(21)22-16(2,3)4/h11-14,20H,5-10H2,1-4H3,(H,19,21). The van der Waals surface area contributed by atoms with Crippen molar-refractivity contribution in [3.05, 3.63) is 0 Å². The van der Waals surface area contributed by atoms with E-state index in [1.54, 1.807) is 20.8 Å². The Hall–Kier alpha value is -0.910. The van der Waals surface area contributed by atoms with Crippen molar-refractivity contribution in [2.45, 2.75) is 83.9 Å². The number of amides is 1. The van der Waals surface area contributed by atoms with Crippen molar-refractivity contribution in [3.8, 4) is 0 Å². The van der Waals surface area contributed by atoms with Crippen molar-refractivity contribution in [1.29, 1.82) is 0 Å². The third-order valence-corrected chi connectivity index (χ3v) is 3.94. The van der Waals surface area contributed by atoms with Crippen LogP contribution in [0.4, 0.5) is 13.6 Å². The molecule has 2 N–H and O–H groups in total. The summed E-state index contributed by atoms with van der Waals surface area (Å²) < 4.78 is 30.8. The highest BCUT2D eigenvalue weighted by Gasteiger charge is 2.28. The van der Waals surface area contributed by atoms with Gasteiger partial charge in [-0.05, 0) is 46.5 Å². The highest BCUT2D eigenvalue weighted by molar-refractivity contribution is 5.67. The van der Waals surface area contributed by atoms with Crippen molar-refractivity contribution < 1.29 is 18.3 Å². The van der Waals surface area contributed by atoms with Crippen molar-refractivity contribution in [2.75, 3.05) is 6.54 Å². The number of halogens is 2. The summed E-state index contributed by atoms with van der Waals surface area (Å²) >= 11 is 0. The Labute approximate surface area is 132 Å². The van der Waals surface area contributed by atoms with Crippen LogP contribution in [0.5, 0.6) is 0 Å². The molecule has 0 spiro atoms. The second-order valence-electron chi connectivity index (χ2n) is 7.18. The molecular formula is C16H30F2N2O2. The normalized spacial score (nSPS) is 19.8. The van der Waals surface area contributed by atoms with Gasteiger partial charge in [-0.3, -0.25) is 0 Å². The molecule has 1 aliphatic rings. The first-order chi connectivity index (χ1) is 10.2. The fourth-order valence-electron chi connectivity index (χ4n) is 2.82. The van der Waals surface area contributed by atoms with Crippen molar-refractivity contribution >= 4 is 6.09 Å². The molecule has 0 heterocycles. The number of carbonyl (C=O) groups is 1. The zero-order chi connectivity index (χ0) is 16.8. The molecule has 0 bridgehead atoms. The van der Waals surface area contributed by atoms with Gasteiger partial charge >= 0.3 is 6.09 Å². The Bertz CT molecular complexity index is 340. The highest BCUT2D eigenvalue weighted by Crippen LogP contribution is 2.27. The molecule has 1 amide bonds. The number of hydrogen-bond donors (Lipinski definition) is 2. The zero-order valence-corrected chi connectivity index (χ0v) is 14.1. The molecule has 22 heavy (non-hydrogen) atoms. The first-order valence-electron chi connectivity index (χ1n) is 8.20. The van der Waals surface area contributed by atoms with Gasteiger partial charge in [-0.15, -0.1) is 0 Å². The number of carbonyl (C=O) groups excluding carboxylic acids is 1. The van der Waals surface area contributed by atoms with Gasteiger partial charge in [0.2, 0.25) is 0 Å². The van der Waals surface area contributed by atoms with Crippen LogP contribution >= 0.6 is 0 Å². The van der Waals surface area contributed by atoms with Gasteiger partial charge in [-0.25, -0.2) is 13.6 Å². The van der Waals surface area contributed by atoms with Gasteiger partial charge in [-0.2, -0.15) is 0 Å². The van der Waals surface area contributed by atoms with E-state index in [0.717, 1.165) is 25.7 Å². The van der Waals surface area contributed by atoms with E-state index in [9.17, 15) is 13.6 Å². The summed E-state index contributed by atoms with van der Waals surface area (Å²) in [5.74, 6) is 0.324. The molecule has 4 nitrogen and oxygen atoms in total. The van der Waals surface area contributed by atoms with E-state index in [1.165, 1.54) is 13.3 Å². The van der Waals surface area contributed by atoms with Crippen LogP contribution in [0, 0.1) is 5.92 Å². The molecule has 0 saturated heterocycles. The van der Waals surface area contributed by atoms with E-state index in [-0.39, 0.29) is 6.04 Å². The summed E-state index contributed by atoms with van der Waals surface area (Å²) in [5, 5.41) is 5.70. The monoisotopic (exact) mass is 320 g/mol. The summed E-state index contributed by atoms with van der Waals surface area (Å²) in [6.07, 6.45) is 2.57. The quantitative estimate of drug-likeness (QED) is 0.784. The summed E-state index contributed by atoms with van der Waals surface area (Å²) in [6.45, 7) is 7.18. The van der Waals surface area contributed by atoms with E-state index in [2.05, 4.69) is 10.6 Å². The zero-order valence-electron chi connectivity index (χ0n) is 14.1. The molecule has 0 radical (unpaired) electrons. The number of rotatable bonds is 6. The molecule has 0 aromatic heterocycles. The Morgan fingerprint density at radius 3 is 2.32 bits per heavy atom. The number of alkyl carbamates (subject to hydrolysis) is 1. The van der Waals surface area contributed by atoms with Gasteiger partial charge in [0.15, 0.2) is 0 Å². The maximum absolute atomic E-state index is 12.8. The van der Waals surface area contributed by atoms with E-state index >= 15 is 0 Å². The molecule has 6 heteroatoms. The predicted octanol–water partition coefficient (Wildman–Crippen LogP) is 3.70. The number of nitrogens with one attached hydrogen (secondary N) is 2. The van der Waals surface area contributed by atoms with Crippen LogP contribution in [0.25, 0.3) is 0 Å². The lowest BCUT2D eigenvalue weighted by atomic mass is 9.83. The minimum Gasteiger partial charge on any atom is -0.444 e. The van der Waals surface area contributed by atoms with Crippen LogP contribution in [-0.4, -0.2) is 36.7 Å². The van der Waals surface area contributed by atoms with Gasteiger partial charge in [0, 0.05) is 12.6 Å². The van der Waals surface area contributed by atoms with Crippen molar-refractivity contribution in [1.82, 2.24) is 10.6 Å². The lowest BCUT2D eigenvalue weighted by Gasteiger charge is -2.33. The summed E-state index contributed by atoms with van der Waals surface area (Å²) in [7, 11) is 0. The summed E-state index contributed by atoms with van der Waals surface area (Å²) in [5.41, 5.74) is -0.561. The topological polar surface area (TPSA) is 50.4 Å². The molecule has 130 valence electrons. The Morgan fingerprint density at radius 2 is 1.82 bits per heavy atom. The van der Waals surface area contributed by atoms with Crippen LogP contribution < -0.4 is 10.6 Å². The van der Waals surface area contributed by atoms with Crippen LogP contribution in [-0.2, 0) is 4.74 Å². The van der Waals surface area contributed by atoms with Gasteiger partial charge in [0.1, 0.15) is 5.60 Å². The minimum absolute atomic E-state index is 0.142. The summed E-state index contributed by atoms with van der Waals surface area (Å²) in [4.78, 5) is 11.8. The molecule has 1 aliphatic carbocycles. The highest BCUT2D eigenvalue weighted by atomic mass is 19.3. The summed E-state index contributed by atoms with van der Waals surface area (Å²) in [6, 6.07) is -1.02. The SMILES string of the molecule is CC(NC(CNC(=O)OC(C)(C)C)C1CCCCC1)C(F)F. The van der Waals surface area contributed by atoms with Gasteiger partial charge in [0.25, 0.3) is 6.43 Å². The van der Waals surface area contributed by atoms with Crippen molar-refractivity contribution in [2.24, 2.45) is 5.92 Å². The van der Waals surface area contributed by atoms with E-state index in [4.69, 9.17) is 4.74 Å². The number of ether oxygens (including phenoxy) is 1. The predicted molar refractivity (Wildman–Crippen MR) is 83.2 cm³/mol. The molecule has 0 aromatic carbocycles. The Kier molecular flexibility index (Phi) is 7.53. The number of hydrogen-bond acceptors (Lipinski definition) is 3. The fourth-order valence-corrected chi connectivity index (χ4v) is 2.82. The molecule has 2 unspecified atom stereocenters. The van der Waals surface area contributed by atoms with Gasteiger partial charge in [0.05, 0.1) is 6.04 Å². The molecule has 0 aliphatic heterocycles. The first kappa shape index (κ1) is 19.1. The molecule has 1 fully saturated rings. The largest absolute Gasteiger partial charge is 0.444 e. The third kappa shape index (κ3) is 7.38. The molecule has 1 saturated carbocycles. The van der Waals surface area contributed by atoms with Crippen LogP contribution in [0.15, 0.2) is 0 Å². The second-order valence-corrected chi connectivity index (χ2v) is 7.18. The average molecular weight is 320 g/mol. The van der Waals surface area contributed by atoms with Crippen LogP contribution in [0.2, 0.25) is 0 Å². The lowest BCUT2D eigenvalue weighted by Crippen LogP contribution is -2.51. The van der Waals surface area contributed by atoms with Gasteiger partial charge < -0.3 is 15.4 Å². The van der Waals surface area contributed by atoms with Crippen molar-refractivity contribution in [3.63, 3.8) is 0 Å². The molecule has 1 rings (SSSR count). The third-order valence-electron chi connectivity index (χ3n) is 3.94. The van der Waals surface area contributed by atoms with E-state index < -0.39 is 24.2 Å². The van der Waals surface area contributed by atoms with Crippen LogP contribution in [0.3, 0.4) is 0 Å². The average Bonchev–Trinajstić information content (AvgIpc) is 2.42. The van der Waals surface area contributed by atoms with Gasteiger partial charge in [-0.1, -0.05) is 19.3 Å².